The lowest BCUT2D eigenvalue weighted by molar-refractivity contribution is -0.137. The van der Waals surface area contributed by atoms with Crippen molar-refractivity contribution in [2.75, 3.05) is 23.9 Å². The molecule has 0 aromatic heterocycles. The fourth-order valence-corrected chi connectivity index (χ4v) is 4.47. The van der Waals surface area contributed by atoms with Gasteiger partial charge in [-0.1, -0.05) is 42.3 Å². The summed E-state index contributed by atoms with van der Waals surface area (Å²) in [5.41, 5.74) is 0.471. The van der Waals surface area contributed by atoms with Crippen LogP contribution < -0.4 is 5.32 Å². The van der Waals surface area contributed by atoms with Crippen LogP contribution in [0.4, 0.5) is 23.7 Å². The molecule has 0 aliphatic carbocycles. The van der Waals surface area contributed by atoms with Crippen LogP contribution in [0, 0.1) is 5.41 Å². The maximum atomic E-state index is 12.9. The molecule has 0 spiro atoms. The van der Waals surface area contributed by atoms with Crippen molar-refractivity contribution in [1.29, 1.82) is 0 Å². The Morgan fingerprint density at radius 2 is 1.91 bits per heavy atom. The standard InChI is InChI=1S/C22H22Cl2F3N3OS/c1-21(10-3-11-32-2)13-30(29-19(21)14-4-6-15(23)7-5-14)20(31)28-16-8-9-17(18(24)12-16)22(25,26)27/h4-9,12H,3,10-11,13H2,1-2H3,(H,28,31). The number of rotatable bonds is 6. The summed E-state index contributed by atoms with van der Waals surface area (Å²) >= 11 is 13.5. The van der Waals surface area contributed by atoms with Crippen molar-refractivity contribution in [2.45, 2.75) is 25.9 Å². The summed E-state index contributed by atoms with van der Waals surface area (Å²) in [6.45, 7) is 2.41. The number of nitrogens with zero attached hydrogens (tertiary/aromatic N) is 2. The van der Waals surface area contributed by atoms with Crippen molar-refractivity contribution in [3.05, 3.63) is 63.6 Å². The summed E-state index contributed by atoms with van der Waals surface area (Å²) in [5.74, 6) is 0.986. The summed E-state index contributed by atoms with van der Waals surface area (Å²) in [7, 11) is 0. The number of nitrogens with one attached hydrogen (secondary N) is 1. The number of amides is 2. The van der Waals surface area contributed by atoms with Crippen LogP contribution in [0.2, 0.25) is 10.0 Å². The van der Waals surface area contributed by atoms with E-state index in [0.29, 0.717) is 11.6 Å². The minimum Gasteiger partial charge on any atom is -0.306 e. The van der Waals surface area contributed by atoms with Gasteiger partial charge in [-0.15, -0.1) is 0 Å². The van der Waals surface area contributed by atoms with E-state index in [1.165, 1.54) is 11.1 Å². The third kappa shape index (κ3) is 5.71. The third-order valence-corrected chi connectivity index (χ3v) is 6.51. The molecule has 1 aliphatic heterocycles. The molecule has 1 aliphatic rings. The quantitative estimate of drug-likeness (QED) is 0.417. The van der Waals surface area contributed by atoms with Gasteiger partial charge in [0, 0.05) is 16.1 Å². The second-order valence-electron chi connectivity index (χ2n) is 7.79. The first-order valence-corrected chi connectivity index (χ1v) is 12.0. The highest BCUT2D eigenvalue weighted by Gasteiger charge is 2.41. The number of carbonyl (C=O) groups is 1. The van der Waals surface area contributed by atoms with E-state index in [0.717, 1.165) is 42.0 Å². The lowest BCUT2D eigenvalue weighted by Crippen LogP contribution is -2.35. The third-order valence-electron chi connectivity index (χ3n) is 5.25. The molecule has 0 radical (unpaired) electrons. The van der Waals surface area contributed by atoms with Gasteiger partial charge in [-0.25, -0.2) is 9.80 Å². The Hall–Kier alpha value is -1.90. The zero-order chi connectivity index (χ0) is 23.5. The average molecular weight is 504 g/mol. The van der Waals surface area contributed by atoms with Crippen LogP contribution in [0.15, 0.2) is 47.6 Å². The van der Waals surface area contributed by atoms with E-state index in [-0.39, 0.29) is 11.1 Å². The van der Waals surface area contributed by atoms with Gasteiger partial charge in [0.05, 0.1) is 22.8 Å². The Kier molecular flexibility index (Phi) is 7.68. The van der Waals surface area contributed by atoms with E-state index in [1.54, 1.807) is 23.9 Å². The van der Waals surface area contributed by atoms with Crippen LogP contribution in [0.25, 0.3) is 0 Å². The van der Waals surface area contributed by atoms with Crippen molar-refractivity contribution in [2.24, 2.45) is 10.5 Å². The molecule has 0 saturated heterocycles. The van der Waals surface area contributed by atoms with Crippen LogP contribution in [0.1, 0.15) is 30.9 Å². The van der Waals surface area contributed by atoms with Crippen LogP contribution in [-0.2, 0) is 6.18 Å². The van der Waals surface area contributed by atoms with Crippen molar-refractivity contribution < 1.29 is 18.0 Å². The molecule has 0 bridgehead atoms. The molecular weight excluding hydrogens is 482 g/mol. The number of anilines is 1. The van der Waals surface area contributed by atoms with Crippen LogP contribution in [-0.4, -0.2) is 35.3 Å². The van der Waals surface area contributed by atoms with Crippen molar-refractivity contribution in [1.82, 2.24) is 5.01 Å². The smallest absolute Gasteiger partial charge is 0.306 e. The molecule has 2 aromatic carbocycles. The first-order chi connectivity index (χ1) is 15.0. The Labute approximate surface area is 199 Å². The van der Waals surface area contributed by atoms with Gasteiger partial charge in [-0.05, 0) is 60.7 Å². The Bertz CT molecular complexity index is 1010. The van der Waals surface area contributed by atoms with Gasteiger partial charge in [0.1, 0.15) is 0 Å². The number of hydrogen-bond acceptors (Lipinski definition) is 3. The molecule has 172 valence electrons. The summed E-state index contributed by atoms with van der Waals surface area (Å²) < 4.78 is 38.8. The number of thioether (sulfide) groups is 1. The molecule has 1 unspecified atom stereocenters. The molecule has 4 nitrogen and oxygen atoms in total. The first-order valence-electron chi connectivity index (χ1n) is 9.83. The first kappa shape index (κ1) is 24.7. The second-order valence-corrected chi connectivity index (χ2v) is 9.62. The van der Waals surface area contributed by atoms with E-state index >= 15 is 0 Å². The molecule has 10 heteroatoms. The number of urea groups is 1. The molecule has 2 amide bonds. The minimum absolute atomic E-state index is 0.159. The number of alkyl halides is 3. The summed E-state index contributed by atoms with van der Waals surface area (Å²) in [5, 5.41) is 8.60. The van der Waals surface area contributed by atoms with E-state index in [4.69, 9.17) is 23.2 Å². The van der Waals surface area contributed by atoms with Gasteiger partial charge < -0.3 is 5.32 Å². The molecular formula is C22H22Cl2F3N3OS. The van der Waals surface area contributed by atoms with Crippen molar-refractivity contribution in [3.8, 4) is 0 Å². The van der Waals surface area contributed by atoms with Gasteiger partial charge in [-0.2, -0.15) is 30.0 Å². The highest BCUT2D eigenvalue weighted by molar-refractivity contribution is 7.98. The molecule has 3 rings (SSSR count). The summed E-state index contributed by atoms with van der Waals surface area (Å²) in [4.78, 5) is 12.9. The van der Waals surface area contributed by atoms with E-state index < -0.39 is 22.8 Å². The SMILES string of the molecule is CSCCCC1(C)CN(C(=O)Nc2ccc(C(F)(F)F)c(Cl)c2)N=C1c1ccc(Cl)cc1. The highest BCUT2D eigenvalue weighted by Crippen LogP contribution is 2.38. The van der Waals surface area contributed by atoms with Gasteiger partial charge in [0.2, 0.25) is 0 Å². The van der Waals surface area contributed by atoms with E-state index in [9.17, 15) is 18.0 Å². The molecule has 1 heterocycles. The lowest BCUT2D eigenvalue weighted by Gasteiger charge is -2.26. The number of hydrazone groups is 1. The van der Waals surface area contributed by atoms with Gasteiger partial charge in [0.25, 0.3) is 0 Å². The molecule has 1 atom stereocenters. The van der Waals surface area contributed by atoms with E-state index in [1.807, 2.05) is 18.4 Å². The fraction of sp³-hybridized carbons (Fsp3) is 0.364. The molecule has 1 N–H and O–H groups in total. The molecule has 32 heavy (non-hydrogen) atoms. The predicted octanol–water partition coefficient (Wildman–Crippen LogP) is 7.41. The molecule has 0 saturated carbocycles. The Balaban J connectivity index is 1.83. The largest absolute Gasteiger partial charge is 0.417 e. The van der Waals surface area contributed by atoms with E-state index in [2.05, 4.69) is 17.3 Å². The number of benzene rings is 2. The fourth-order valence-electron chi connectivity index (χ4n) is 3.63. The normalized spacial score (nSPS) is 18.6. The van der Waals surface area contributed by atoms with Gasteiger partial charge >= 0.3 is 12.2 Å². The van der Waals surface area contributed by atoms with Crippen molar-refractivity contribution >= 4 is 52.4 Å². The zero-order valence-electron chi connectivity index (χ0n) is 17.5. The van der Waals surface area contributed by atoms with Crippen LogP contribution in [0.5, 0.6) is 0 Å². The minimum atomic E-state index is -4.56. The number of halogens is 5. The van der Waals surface area contributed by atoms with Crippen LogP contribution in [0.3, 0.4) is 0 Å². The van der Waals surface area contributed by atoms with Gasteiger partial charge in [-0.3, -0.25) is 0 Å². The molecule has 0 fully saturated rings. The second kappa shape index (κ2) is 9.93. The highest BCUT2D eigenvalue weighted by atomic mass is 35.5. The van der Waals surface area contributed by atoms with Crippen LogP contribution >= 0.6 is 35.0 Å². The number of hydrogen-bond donors (Lipinski definition) is 1. The van der Waals surface area contributed by atoms with Gasteiger partial charge in [0.15, 0.2) is 0 Å². The lowest BCUT2D eigenvalue weighted by atomic mass is 9.78. The summed E-state index contributed by atoms with van der Waals surface area (Å²) in [6.07, 6.45) is -0.746. The Morgan fingerprint density at radius 3 is 2.50 bits per heavy atom. The molecule has 2 aromatic rings. The topological polar surface area (TPSA) is 44.7 Å². The number of carbonyl (C=O) groups excluding carboxylic acids is 1. The summed E-state index contributed by atoms with van der Waals surface area (Å²) in [6, 6.07) is 9.83. The maximum absolute atomic E-state index is 12.9. The Morgan fingerprint density at radius 1 is 1.22 bits per heavy atom. The monoisotopic (exact) mass is 503 g/mol. The van der Waals surface area contributed by atoms with Crippen molar-refractivity contribution in [3.63, 3.8) is 0 Å². The predicted molar refractivity (Wildman–Crippen MR) is 126 cm³/mol. The average Bonchev–Trinajstić information content (AvgIpc) is 3.05. The zero-order valence-corrected chi connectivity index (χ0v) is 19.8. The maximum Gasteiger partial charge on any atom is 0.417 e.